The molecule has 0 heterocycles. The van der Waals surface area contributed by atoms with Crippen molar-refractivity contribution in [3.63, 3.8) is 0 Å². The van der Waals surface area contributed by atoms with Gasteiger partial charge in [0.05, 0.1) is 18.0 Å². The van der Waals surface area contributed by atoms with Crippen LogP contribution in [0.3, 0.4) is 0 Å². The maximum Gasteiger partial charge on any atom is 0.234 e. The van der Waals surface area contributed by atoms with Gasteiger partial charge in [-0.1, -0.05) is 57.5 Å². The molecule has 2 rings (SSSR count). The van der Waals surface area contributed by atoms with Crippen molar-refractivity contribution in [2.24, 2.45) is 34.6 Å². The van der Waals surface area contributed by atoms with E-state index in [4.69, 9.17) is 11.5 Å². The van der Waals surface area contributed by atoms with Gasteiger partial charge in [-0.15, -0.1) is 0 Å². The van der Waals surface area contributed by atoms with Crippen LogP contribution in [0.4, 0.5) is 0 Å². The number of hydrogen-bond donors (Lipinski definition) is 3. The second-order valence-corrected chi connectivity index (χ2v) is 8.20. The minimum atomic E-state index is -0.617. The zero-order chi connectivity index (χ0) is 19.3. The van der Waals surface area contributed by atoms with Gasteiger partial charge >= 0.3 is 0 Å². The van der Waals surface area contributed by atoms with Crippen molar-refractivity contribution < 1.29 is 9.59 Å². The van der Waals surface area contributed by atoms with Crippen LogP contribution in [0.2, 0.25) is 0 Å². The van der Waals surface area contributed by atoms with Crippen LogP contribution in [0.25, 0.3) is 0 Å². The van der Waals surface area contributed by atoms with Crippen LogP contribution in [0.15, 0.2) is 30.3 Å². The number of amides is 2. The molecule has 0 radical (unpaired) electrons. The van der Waals surface area contributed by atoms with Crippen LogP contribution in [-0.2, 0) is 9.59 Å². The number of carbonyl (C=O) groups excluding carboxylic acids is 2. The number of hydrogen-bond acceptors (Lipinski definition) is 3. The van der Waals surface area contributed by atoms with Gasteiger partial charge in [-0.2, -0.15) is 0 Å². The molecule has 5 nitrogen and oxygen atoms in total. The lowest BCUT2D eigenvalue weighted by Gasteiger charge is -2.48. The molecule has 4 atom stereocenters. The van der Waals surface area contributed by atoms with Gasteiger partial charge in [-0.05, 0) is 42.6 Å². The number of primary amides is 1. The Hall–Kier alpha value is -1.88. The third kappa shape index (κ3) is 4.44. The predicted molar refractivity (Wildman–Crippen MR) is 104 cm³/mol. The lowest BCUT2D eigenvalue weighted by Crippen LogP contribution is -2.51. The molecule has 1 fully saturated rings. The molecule has 2 amide bonds. The molecule has 0 aromatic heterocycles. The summed E-state index contributed by atoms with van der Waals surface area (Å²) in [7, 11) is 0. The van der Waals surface area contributed by atoms with Crippen LogP contribution in [-0.4, -0.2) is 18.4 Å². The molecule has 5 heteroatoms. The van der Waals surface area contributed by atoms with Gasteiger partial charge in [0.1, 0.15) is 0 Å². The predicted octanol–water partition coefficient (Wildman–Crippen LogP) is 2.76. The summed E-state index contributed by atoms with van der Waals surface area (Å²) in [6.45, 7) is 6.43. The Kier molecular flexibility index (Phi) is 6.81. The SMILES string of the molecule is CC1CCC(C(C)C)C(C[C@H](NC(=O)CN)c2ccccc2)(C(N)=O)C1. The Bertz CT molecular complexity index is 617. The van der Waals surface area contributed by atoms with Gasteiger partial charge < -0.3 is 16.8 Å². The number of nitrogens with two attached hydrogens (primary N) is 2. The van der Waals surface area contributed by atoms with E-state index in [1.165, 1.54) is 0 Å². The van der Waals surface area contributed by atoms with Crippen LogP contribution in [0, 0.1) is 23.2 Å². The molecule has 26 heavy (non-hydrogen) atoms. The summed E-state index contributed by atoms with van der Waals surface area (Å²) in [5, 5.41) is 3.01. The van der Waals surface area contributed by atoms with Crippen LogP contribution < -0.4 is 16.8 Å². The average molecular weight is 360 g/mol. The van der Waals surface area contributed by atoms with E-state index in [1.54, 1.807) is 0 Å². The zero-order valence-corrected chi connectivity index (χ0v) is 16.2. The Labute approximate surface area is 156 Å². The second kappa shape index (κ2) is 8.67. The fourth-order valence-corrected chi connectivity index (χ4v) is 4.76. The molecule has 0 bridgehead atoms. The molecule has 0 aliphatic heterocycles. The first-order chi connectivity index (χ1) is 12.3. The summed E-state index contributed by atoms with van der Waals surface area (Å²) in [5.41, 5.74) is 11.9. The summed E-state index contributed by atoms with van der Waals surface area (Å²) in [5.74, 6) is 0.557. The van der Waals surface area contributed by atoms with Crippen LogP contribution in [0.1, 0.15) is 58.1 Å². The summed E-state index contributed by atoms with van der Waals surface area (Å²) in [6, 6.07) is 9.51. The minimum Gasteiger partial charge on any atom is -0.369 e. The minimum absolute atomic E-state index is 0.0725. The molecule has 1 aliphatic carbocycles. The van der Waals surface area contributed by atoms with Gasteiger partial charge in [0, 0.05) is 0 Å². The molecule has 5 N–H and O–H groups in total. The van der Waals surface area contributed by atoms with E-state index >= 15 is 0 Å². The van der Waals surface area contributed by atoms with E-state index in [9.17, 15) is 9.59 Å². The Balaban J connectivity index is 2.42. The maximum absolute atomic E-state index is 12.7. The highest BCUT2D eigenvalue weighted by Crippen LogP contribution is 2.51. The van der Waals surface area contributed by atoms with Gasteiger partial charge in [-0.3, -0.25) is 9.59 Å². The monoisotopic (exact) mass is 359 g/mol. The number of benzene rings is 1. The standard InChI is InChI=1S/C21H33N3O2/c1-14(2)17-10-9-15(3)11-21(17,20(23)26)12-18(24-19(25)13-22)16-7-5-4-6-8-16/h4-8,14-15,17-18H,9-13,22H2,1-3H3,(H2,23,26)(H,24,25)/t15?,17?,18-,21?/m0/s1. The molecule has 3 unspecified atom stereocenters. The molecule has 1 aromatic carbocycles. The summed E-state index contributed by atoms with van der Waals surface area (Å²) in [6.07, 6.45) is 3.40. The molecule has 0 spiro atoms. The number of carbonyl (C=O) groups is 2. The number of nitrogens with one attached hydrogen (secondary N) is 1. The van der Waals surface area contributed by atoms with Crippen molar-refractivity contribution in [3.05, 3.63) is 35.9 Å². The molecular formula is C21H33N3O2. The lowest BCUT2D eigenvalue weighted by atomic mass is 9.57. The molecule has 1 aliphatic rings. The topological polar surface area (TPSA) is 98.2 Å². The maximum atomic E-state index is 12.7. The second-order valence-electron chi connectivity index (χ2n) is 8.20. The molecule has 1 saturated carbocycles. The van der Waals surface area contributed by atoms with E-state index < -0.39 is 5.41 Å². The lowest BCUT2D eigenvalue weighted by molar-refractivity contribution is -0.138. The van der Waals surface area contributed by atoms with Crippen molar-refractivity contribution >= 4 is 11.8 Å². The molecule has 1 aromatic rings. The van der Waals surface area contributed by atoms with Gasteiger partial charge in [-0.25, -0.2) is 0 Å². The van der Waals surface area contributed by atoms with Crippen molar-refractivity contribution in [1.29, 1.82) is 0 Å². The van der Waals surface area contributed by atoms with Crippen molar-refractivity contribution in [1.82, 2.24) is 5.32 Å². The van der Waals surface area contributed by atoms with E-state index in [1.807, 2.05) is 30.3 Å². The highest BCUT2D eigenvalue weighted by Gasteiger charge is 2.49. The Morgan fingerprint density at radius 2 is 1.88 bits per heavy atom. The van der Waals surface area contributed by atoms with E-state index in [-0.39, 0.29) is 30.3 Å². The Morgan fingerprint density at radius 3 is 2.42 bits per heavy atom. The van der Waals surface area contributed by atoms with Crippen LogP contribution >= 0.6 is 0 Å². The van der Waals surface area contributed by atoms with E-state index in [0.717, 1.165) is 24.8 Å². The van der Waals surface area contributed by atoms with Gasteiger partial charge in [0.25, 0.3) is 0 Å². The fourth-order valence-electron chi connectivity index (χ4n) is 4.76. The first kappa shape index (κ1) is 20.4. The van der Waals surface area contributed by atoms with Crippen molar-refractivity contribution in [2.75, 3.05) is 6.54 Å². The summed E-state index contributed by atoms with van der Waals surface area (Å²) in [4.78, 5) is 24.8. The first-order valence-electron chi connectivity index (χ1n) is 9.64. The largest absolute Gasteiger partial charge is 0.369 e. The van der Waals surface area contributed by atoms with Crippen molar-refractivity contribution in [3.8, 4) is 0 Å². The third-order valence-corrected chi connectivity index (χ3v) is 5.98. The van der Waals surface area contributed by atoms with Crippen LogP contribution in [0.5, 0.6) is 0 Å². The van der Waals surface area contributed by atoms with Gasteiger partial charge in [0.15, 0.2) is 0 Å². The zero-order valence-electron chi connectivity index (χ0n) is 16.2. The molecular weight excluding hydrogens is 326 g/mol. The van der Waals surface area contributed by atoms with Crippen molar-refractivity contribution in [2.45, 2.75) is 52.5 Å². The summed E-state index contributed by atoms with van der Waals surface area (Å²) < 4.78 is 0. The van der Waals surface area contributed by atoms with E-state index in [0.29, 0.717) is 18.3 Å². The third-order valence-electron chi connectivity index (χ3n) is 5.98. The number of rotatable bonds is 7. The smallest absolute Gasteiger partial charge is 0.234 e. The molecule has 144 valence electrons. The Morgan fingerprint density at radius 1 is 1.23 bits per heavy atom. The average Bonchev–Trinajstić information content (AvgIpc) is 2.61. The van der Waals surface area contributed by atoms with E-state index in [2.05, 4.69) is 26.1 Å². The summed E-state index contributed by atoms with van der Waals surface area (Å²) >= 11 is 0. The van der Waals surface area contributed by atoms with Gasteiger partial charge in [0.2, 0.25) is 11.8 Å². The first-order valence-corrected chi connectivity index (χ1v) is 9.64. The quantitative estimate of drug-likeness (QED) is 0.698. The fraction of sp³-hybridized carbons (Fsp3) is 0.619. The molecule has 0 saturated heterocycles. The highest BCUT2D eigenvalue weighted by molar-refractivity contribution is 5.82. The normalized spacial score (nSPS) is 27.1. The highest BCUT2D eigenvalue weighted by atomic mass is 16.2.